The normalized spacial score (nSPS) is 10.8. The predicted molar refractivity (Wildman–Crippen MR) is 92.1 cm³/mol. The zero-order valence-corrected chi connectivity index (χ0v) is 14.3. The van der Waals surface area contributed by atoms with Crippen LogP contribution in [-0.4, -0.2) is 35.4 Å². The summed E-state index contributed by atoms with van der Waals surface area (Å²) in [5.74, 6) is -0.569. The Labute approximate surface area is 148 Å². The fraction of sp³-hybridized carbons (Fsp3) is 0.222. The minimum absolute atomic E-state index is 0.0664. The van der Waals surface area contributed by atoms with E-state index in [1.165, 1.54) is 6.26 Å². The van der Waals surface area contributed by atoms with Gasteiger partial charge in [0.15, 0.2) is 0 Å². The van der Waals surface area contributed by atoms with E-state index in [2.05, 4.69) is 0 Å². The lowest BCUT2D eigenvalue weighted by Crippen LogP contribution is -2.10. The highest BCUT2D eigenvalue weighted by atomic mass is 35.5. The zero-order valence-electron chi connectivity index (χ0n) is 13.5. The lowest BCUT2D eigenvalue weighted by atomic mass is 10.1. The van der Waals surface area contributed by atoms with E-state index >= 15 is 0 Å². The largest absolute Gasteiger partial charge is 0.464 e. The third kappa shape index (κ3) is 3.13. The number of esters is 2. The van der Waals surface area contributed by atoms with Crippen LogP contribution in [0.2, 0.25) is 0 Å². The molecule has 0 bridgehead atoms. The number of alkyl halides is 1. The van der Waals surface area contributed by atoms with Gasteiger partial charge < -0.3 is 18.3 Å². The highest BCUT2D eigenvalue weighted by Gasteiger charge is 2.30. The van der Waals surface area contributed by atoms with Crippen LogP contribution < -0.4 is 0 Å². The SMILES string of the molecule is CCOC(=O)c1c(-c2ccco2)c(C(=O)OCCCl)c2ccccn12. The molecule has 0 aliphatic rings. The number of pyridine rings is 1. The molecule has 3 rings (SSSR count). The summed E-state index contributed by atoms with van der Waals surface area (Å²) in [6.45, 7) is 2.00. The van der Waals surface area contributed by atoms with Crippen molar-refractivity contribution >= 4 is 29.1 Å². The van der Waals surface area contributed by atoms with E-state index in [1.807, 2.05) is 0 Å². The van der Waals surface area contributed by atoms with Gasteiger partial charge in [-0.25, -0.2) is 9.59 Å². The Morgan fingerprint density at radius 2 is 2.00 bits per heavy atom. The van der Waals surface area contributed by atoms with Crippen LogP contribution in [0.4, 0.5) is 0 Å². The van der Waals surface area contributed by atoms with E-state index in [-0.39, 0.29) is 30.4 Å². The molecule has 0 N–H and O–H groups in total. The first-order valence-corrected chi connectivity index (χ1v) is 8.29. The average Bonchev–Trinajstić information content (AvgIpc) is 3.25. The number of carbonyl (C=O) groups is 2. The van der Waals surface area contributed by atoms with Crippen LogP contribution in [0.1, 0.15) is 27.8 Å². The van der Waals surface area contributed by atoms with Crippen molar-refractivity contribution < 1.29 is 23.5 Å². The molecule has 0 fully saturated rings. The lowest BCUT2D eigenvalue weighted by Gasteiger charge is -2.05. The van der Waals surface area contributed by atoms with Crippen molar-refractivity contribution in [3.63, 3.8) is 0 Å². The standard InChI is InChI=1S/C18H16ClNO5/c1-2-23-18(22)16-15(13-7-5-10-24-13)14(17(21)25-11-8-19)12-6-3-4-9-20(12)16/h3-7,9-10H,2,8,11H2,1H3. The maximum absolute atomic E-state index is 12.6. The summed E-state index contributed by atoms with van der Waals surface area (Å²) >= 11 is 5.61. The van der Waals surface area contributed by atoms with Crippen molar-refractivity contribution in [2.45, 2.75) is 6.92 Å². The molecule has 0 aromatic carbocycles. The number of hydrogen-bond donors (Lipinski definition) is 0. The summed E-state index contributed by atoms with van der Waals surface area (Å²) < 4.78 is 17.4. The van der Waals surface area contributed by atoms with Gasteiger partial charge in [0.25, 0.3) is 0 Å². The van der Waals surface area contributed by atoms with Gasteiger partial charge in [-0.05, 0) is 31.2 Å². The molecule has 0 atom stereocenters. The first kappa shape index (κ1) is 17.1. The fourth-order valence-electron chi connectivity index (χ4n) is 2.68. The van der Waals surface area contributed by atoms with E-state index in [4.69, 9.17) is 25.5 Å². The maximum atomic E-state index is 12.6. The maximum Gasteiger partial charge on any atom is 0.356 e. The first-order valence-electron chi connectivity index (χ1n) is 7.76. The molecule has 25 heavy (non-hydrogen) atoms. The Bertz CT molecular complexity index is 898. The Hall–Kier alpha value is -2.73. The van der Waals surface area contributed by atoms with Crippen LogP contribution in [0.25, 0.3) is 16.8 Å². The molecular weight excluding hydrogens is 346 g/mol. The molecule has 3 aromatic rings. The summed E-state index contributed by atoms with van der Waals surface area (Å²) in [7, 11) is 0. The average molecular weight is 362 g/mol. The topological polar surface area (TPSA) is 70.1 Å². The van der Waals surface area contributed by atoms with Crippen molar-refractivity contribution in [3.8, 4) is 11.3 Å². The number of hydrogen-bond acceptors (Lipinski definition) is 5. The summed E-state index contributed by atoms with van der Waals surface area (Å²) in [4.78, 5) is 25.2. The fourth-order valence-corrected chi connectivity index (χ4v) is 2.76. The number of rotatable bonds is 6. The minimum Gasteiger partial charge on any atom is -0.464 e. The summed E-state index contributed by atoms with van der Waals surface area (Å²) in [5, 5.41) is 0. The first-order chi connectivity index (χ1) is 12.2. The smallest absolute Gasteiger partial charge is 0.356 e. The second-order valence-corrected chi connectivity index (χ2v) is 5.46. The summed E-state index contributed by atoms with van der Waals surface area (Å²) in [6, 6.07) is 8.62. The molecule has 0 radical (unpaired) electrons. The molecule has 6 nitrogen and oxygen atoms in total. The quantitative estimate of drug-likeness (QED) is 0.493. The molecule has 0 amide bonds. The van der Waals surface area contributed by atoms with E-state index in [0.29, 0.717) is 16.8 Å². The third-order valence-electron chi connectivity index (χ3n) is 3.59. The molecule has 130 valence electrons. The van der Waals surface area contributed by atoms with E-state index in [0.717, 1.165) is 0 Å². The molecule has 0 saturated carbocycles. The number of ether oxygens (including phenoxy) is 2. The second-order valence-electron chi connectivity index (χ2n) is 5.08. The summed E-state index contributed by atoms with van der Waals surface area (Å²) in [5.41, 5.74) is 1.32. The van der Waals surface area contributed by atoms with Gasteiger partial charge in [-0.1, -0.05) is 6.07 Å². The third-order valence-corrected chi connectivity index (χ3v) is 3.75. The van der Waals surface area contributed by atoms with Crippen LogP contribution in [0, 0.1) is 0 Å². The molecule has 3 heterocycles. The zero-order chi connectivity index (χ0) is 17.8. The van der Waals surface area contributed by atoms with Crippen LogP contribution in [0.15, 0.2) is 47.2 Å². The van der Waals surface area contributed by atoms with E-state index < -0.39 is 11.9 Å². The van der Waals surface area contributed by atoms with Gasteiger partial charge in [-0.15, -0.1) is 11.6 Å². The van der Waals surface area contributed by atoms with Gasteiger partial charge in [0.1, 0.15) is 18.1 Å². The second kappa shape index (κ2) is 7.44. The van der Waals surface area contributed by atoms with Crippen molar-refractivity contribution in [1.82, 2.24) is 4.40 Å². The number of fused-ring (bicyclic) bond motifs is 1. The van der Waals surface area contributed by atoms with Crippen LogP contribution in [0.5, 0.6) is 0 Å². The number of furan rings is 1. The monoisotopic (exact) mass is 361 g/mol. The van der Waals surface area contributed by atoms with Crippen molar-refractivity contribution in [2.75, 3.05) is 19.1 Å². The molecule has 0 aliphatic carbocycles. The van der Waals surface area contributed by atoms with Gasteiger partial charge in [-0.2, -0.15) is 0 Å². The molecule has 0 spiro atoms. The minimum atomic E-state index is -0.578. The van der Waals surface area contributed by atoms with Gasteiger partial charge in [0.2, 0.25) is 0 Å². The highest BCUT2D eigenvalue weighted by Crippen LogP contribution is 2.34. The van der Waals surface area contributed by atoms with Crippen LogP contribution in [-0.2, 0) is 9.47 Å². The van der Waals surface area contributed by atoms with Gasteiger partial charge in [0.05, 0.1) is 35.4 Å². The molecule has 0 unspecified atom stereocenters. The molecule has 7 heteroatoms. The Balaban J connectivity index is 2.31. The Kier molecular flexibility index (Phi) is 5.09. The molecular formula is C18H16ClNO5. The molecule has 0 saturated heterocycles. The number of aromatic nitrogens is 1. The number of halogens is 1. The van der Waals surface area contributed by atoms with Crippen LogP contribution in [0.3, 0.4) is 0 Å². The molecule has 3 aromatic heterocycles. The van der Waals surface area contributed by atoms with Crippen molar-refractivity contribution in [2.24, 2.45) is 0 Å². The Morgan fingerprint density at radius 3 is 2.68 bits per heavy atom. The van der Waals surface area contributed by atoms with Gasteiger partial charge in [0, 0.05) is 6.20 Å². The lowest BCUT2D eigenvalue weighted by molar-refractivity contribution is 0.0518. The van der Waals surface area contributed by atoms with Crippen LogP contribution >= 0.6 is 11.6 Å². The van der Waals surface area contributed by atoms with Crippen molar-refractivity contribution in [3.05, 3.63) is 54.0 Å². The van der Waals surface area contributed by atoms with E-state index in [9.17, 15) is 9.59 Å². The van der Waals surface area contributed by atoms with Gasteiger partial charge >= 0.3 is 11.9 Å². The Morgan fingerprint density at radius 1 is 1.16 bits per heavy atom. The highest BCUT2D eigenvalue weighted by molar-refractivity contribution is 6.18. The predicted octanol–water partition coefficient (Wildman–Crippen LogP) is 3.77. The molecule has 0 aliphatic heterocycles. The van der Waals surface area contributed by atoms with Gasteiger partial charge in [-0.3, -0.25) is 0 Å². The van der Waals surface area contributed by atoms with E-state index in [1.54, 1.807) is 47.9 Å². The number of nitrogens with zero attached hydrogens (tertiary/aromatic N) is 1. The number of carbonyl (C=O) groups excluding carboxylic acids is 2. The summed E-state index contributed by atoms with van der Waals surface area (Å²) in [6.07, 6.45) is 3.16. The van der Waals surface area contributed by atoms with Crippen molar-refractivity contribution in [1.29, 1.82) is 0 Å².